The Labute approximate surface area is 239 Å². The van der Waals surface area contributed by atoms with Crippen molar-refractivity contribution in [3.05, 3.63) is 118 Å². The fourth-order valence-electron chi connectivity index (χ4n) is 3.97. The highest BCUT2D eigenvalue weighted by molar-refractivity contribution is 8.18. The standard InChI is InChI=1S/C30H23ClN2O6S/c1-37-25-15-20(14-24(31)27(25)39-18-19-7-5-8-21(13-19)29(35)36)16-26-28(34)33(17-23-11-6-12-38-23)30(40-26)32-22-9-3-2-4-10-22/h2-16H,17-18H2,1H3,(H,35,36)/b26-16-,32-30?. The molecule has 1 aromatic heterocycles. The quantitative estimate of drug-likeness (QED) is 0.214. The van der Waals surface area contributed by atoms with Crippen LogP contribution in [0.3, 0.4) is 0 Å². The minimum atomic E-state index is -1.02. The van der Waals surface area contributed by atoms with E-state index in [1.54, 1.807) is 53.6 Å². The first-order chi connectivity index (χ1) is 19.4. The van der Waals surface area contributed by atoms with Gasteiger partial charge in [-0.05, 0) is 77.5 Å². The molecule has 1 N–H and O–H groups in total. The molecule has 0 saturated carbocycles. The highest BCUT2D eigenvalue weighted by Gasteiger charge is 2.34. The van der Waals surface area contributed by atoms with Gasteiger partial charge in [0.2, 0.25) is 0 Å². The lowest BCUT2D eigenvalue weighted by atomic mass is 10.1. The molecule has 8 nitrogen and oxygen atoms in total. The molecule has 0 aliphatic carbocycles. The summed E-state index contributed by atoms with van der Waals surface area (Å²) in [5, 5.41) is 10.0. The smallest absolute Gasteiger partial charge is 0.335 e. The Hall–Kier alpha value is -4.47. The van der Waals surface area contributed by atoms with Crippen LogP contribution in [-0.4, -0.2) is 34.2 Å². The van der Waals surface area contributed by atoms with E-state index in [-0.39, 0.29) is 29.6 Å². The monoisotopic (exact) mass is 574 g/mol. The van der Waals surface area contributed by atoms with Gasteiger partial charge in [0, 0.05) is 0 Å². The number of ether oxygens (including phenoxy) is 2. The molecule has 1 saturated heterocycles. The van der Waals surface area contributed by atoms with E-state index in [4.69, 9.17) is 30.5 Å². The van der Waals surface area contributed by atoms with Crippen LogP contribution in [0.2, 0.25) is 5.02 Å². The summed E-state index contributed by atoms with van der Waals surface area (Å²) in [5.74, 6) is 0.0766. The Kier molecular flexibility index (Phi) is 8.23. The van der Waals surface area contributed by atoms with Crippen molar-refractivity contribution < 1.29 is 28.6 Å². The molecule has 202 valence electrons. The lowest BCUT2D eigenvalue weighted by Crippen LogP contribution is -2.28. The van der Waals surface area contributed by atoms with Gasteiger partial charge in [0.05, 0.1) is 41.1 Å². The first kappa shape index (κ1) is 27.1. The van der Waals surface area contributed by atoms with Crippen LogP contribution in [0, 0.1) is 0 Å². The summed E-state index contributed by atoms with van der Waals surface area (Å²) in [6, 6.07) is 22.8. The number of hydrogen-bond acceptors (Lipinski definition) is 7. The highest BCUT2D eigenvalue weighted by atomic mass is 35.5. The topological polar surface area (TPSA) is 102 Å². The summed E-state index contributed by atoms with van der Waals surface area (Å²) < 4.78 is 16.9. The number of aromatic carboxylic acids is 1. The first-order valence-corrected chi connectivity index (χ1v) is 13.3. The van der Waals surface area contributed by atoms with E-state index >= 15 is 0 Å². The van der Waals surface area contributed by atoms with Crippen molar-refractivity contribution in [2.24, 2.45) is 4.99 Å². The number of furan rings is 1. The molecule has 2 heterocycles. The normalized spacial score (nSPS) is 15.2. The number of methoxy groups -OCH3 is 1. The second kappa shape index (κ2) is 12.1. The number of rotatable bonds is 9. The molecule has 1 amide bonds. The zero-order valence-electron chi connectivity index (χ0n) is 21.2. The molecule has 5 rings (SSSR count). The number of para-hydroxylation sites is 1. The zero-order chi connectivity index (χ0) is 28.1. The maximum absolute atomic E-state index is 13.5. The van der Waals surface area contributed by atoms with E-state index in [0.29, 0.717) is 38.5 Å². The van der Waals surface area contributed by atoms with Gasteiger partial charge in [0.25, 0.3) is 5.91 Å². The van der Waals surface area contributed by atoms with Gasteiger partial charge in [0.1, 0.15) is 12.4 Å². The van der Waals surface area contributed by atoms with Crippen LogP contribution in [0.15, 0.2) is 99.4 Å². The van der Waals surface area contributed by atoms with Crippen molar-refractivity contribution in [3.8, 4) is 11.5 Å². The van der Waals surface area contributed by atoms with Crippen LogP contribution in [0.1, 0.15) is 27.2 Å². The maximum Gasteiger partial charge on any atom is 0.335 e. The molecule has 40 heavy (non-hydrogen) atoms. The van der Waals surface area contributed by atoms with Gasteiger partial charge < -0.3 is 19.0 Å². The molecule has 0 bridgehead atoms. The molecule has 1 fully saturated rings. The van der Waals surface area contributed by atoms with E-state index < -0.39 is 5.97 Å². The minimum Gasteiger partial charge on any atom is -0.493 e. The van der Waals surface area contributed by atoms with Gasteiger partial charge in [-0.2, -0.15) is 0 Å². The molecule has 0 atom stereocenters. The Morgan fingerprint density at radius 2 is 1.93 bits per heavy atom. The summed E-state index contributed by atoms with van der Waals surface area (Å²) >= 11 is 7.83. The number of nitrogens with zero attached hydrogens (tertiary/aromatic N) is 2. The number of amidine groups is 1. The van der Waals surface area contributed by atoms with E-state index in [1.807, 2.05) is 30.3 Å². The van der Waals surface area contributed by atoms with E-state index in [2.05, 4.69) is 0 Å². The van der Waals surface area contributed by atoms with Crippen molar-refractivity contribution in [2.75, 3.05) is 7.11 Å². The van der Waals surface area contributed by atoms with Crippen LogP contribution >= 0.6 is 23.4 Å². The number of thioether (sulfide) groups is 1. The number of carboxylic acid groups (broad SMARTS) is 1. The van der Waals surface area contributed by atoms with E-state index in [0.717, 1.165) is 5.69 Å². The molecule has 3 aromatic carbocycles. The average molecular weight is 575 g/mol. The zero-order valence-corrected chi connectivity index (χ0v) is 22.8. The Balaban J connectivity index is 1.41. The van der Waals surface area contributed by atoms with E-state index in [9.17, 15) is 14.7 Å². The molecule has 10 heteroatoms. The molecule has 0 unspecified atom stereocenters. The summed E-state index contributed by atoms with van der Waals surface area (Å²) in [6.07, 6.45) is 3.29. The fraction of sp³-hybridized carbons (Fsp3) is 0.100. The van der Waals surface area contributed by atoms with Gasteiger partial charge in [-0.15, -0.1) is 0 Å². The van der Waals surface area contributed by atoms with Crippen molar-refractivity contribution in [2.45, 2.75) is 13.2 Å². The van der Waals surface area contributed by atoms with Crippen LogP contribution < -0.4 is 9.47 Å². The largest absolute Gasteiger partial charge is 0.493 e. The molecule has 4 aromatic rings. The first-order valence-electron chi connectivity index (χ1n) is 12.1. The average Bonchev–Trinajstić information content (AvgIpc) is 3.57. The number of aliphatic imine (C=N–C) groups is 1. The Morgan fingerprint density at radius 3 is 2.65 bits per heavy atom. The summed E-state index contributed by atoms with van der Waals surface area (Å²) in [7, 11) is 1.49. The summed E-state index contributed by atoms with van der Waals surface area (Å²) in [5.41, 5.74) is 2.19. The number of benzene rings is 3. The molecule has 0 radical (unpaired) electrons. The fourth-order valence-corrected chi connectivity index (χ4v) is 5.24. The van der Waals surface area contributed by atoms with Crippen molar-refractivity contribution in [1.29, 1.82) is 0 Å². The lowest BCUT2D eigenvalue weighted by Gasteiger charge is -2.14. The molecular weight excluding hydrogens is 552 g/mol. The summed E-state index contributed by atoms with van der Waals surface area (Å²) in [6.45, 7) is 0.328. The van der Waals surface area contributed by atoms with Gasteiger partial charge in [0.15, 0.2) is 16.7 Å². The number of carboxylic acids is 1. The van der Waals surface area contributed by atoms with Crippen LogP contribution in [0.5, 0.6) is 11.5 Å². The van der Waals surface area contributed by atoms with Crippen molar-refractivity contribution >= 4 is 52.2 Å². The van der Waals surface area contributed by atoms with E-state index in [1.165, 1.54) is 31.0 Å². The van der Waals surface area contributed by atoms with Gasteiger partial charge in [-0.25, -0.2) is 9.79 Å². The number of carbonyl (C=O) groups excluding carboxylic acids is 1. The second-order valence-electron chi connectivity index (χ2n) is 8.64. The minimum absolute atomic E-state index is 0.0903. The van der Waals surface area contributed by atoms with Gasteiger partial charge in [-0.1, -0.05) is 41.9 Å². The number of carbonyl (C=O) groups is 2. The SMILES string of the molecule is COc1cc(/C=C2\SC(=Nc3ccccc3)N(Cc3ccco3)C2=O)cc(Cl)c1OCc1cccc(C(=O)O)c1. The third-order valence-corrected chi connectivity index (χ3v) is 7.16. The molecule has 1 aliphatic heterocycles. The van der Waals surface area contributed by atoms with Gasteiger partial charge >= 0.3 is 5.97 Å². The third-order valence-electron chi connectivity index (χ3n) is 5.87. The Morgan fingerprint density at radius 1 is 1.10 bits per heavy atom. The third kappa shape index (κ3) is 6.22. The number of amides is 1. The molecule has 0 spiro atoms. The van der Waals surface area contributed by atoms with Crippen LogP contribution in [0.25, 0.3) is 6.08 Å². The summed E-state index contributed by atoms with van der Waals surface area (Å²) in [4.78, 5) is 31.5. The van der Waals surface area contributed by atoms with Crippen molar-refractivity contribution in [1.82, 2.24) is 4.90 Å². The highest BCUT2D eigenvalue weighted by Crippen LogP contribution is 2.40. The second-order valence-corrected chi connectivity index (χ2v) is 10.1. The molecule has 1 aliphatic rings. The van der Waals surface area contributed by atoms with Crippen LogP contribution in [-0.2, 0) is 17.9 Å². The maximum atomic E-state index is 13.5. The Bertz CT molecular complexity index is 1600. The van der Waals surface area contributed by atoms with Crippen molar-refractivity contribution in [3.63, 3.8) is 0 Å². The number of halogens is 1. The molecular formula is C30H23ClN2O6S. The van der Waals surface area contributed by atoms with Crippen LogP contribution in [0.4, 0.5) is 5.69 Å². The predicted molar refractivity (Wildman–Crippen MR) is 154 cm³/mol. The number of hydrogen-bond donors (Lipinski definition) is 1. The van der Waals surface area contributed by atoms with Gasteiger partial charge in [-0.3, -0.25) is 9.69 Å². The lowest BCUT2D eigenvalue weighted by molar-refractivity contribution is -0.122. The predicted octanol–water partition coefficient (Wildman–Crippen LogP) is 7.02.